The van der Waals surface area contributed by atoms with Gasteiger partial charge in [-0.05, 0) is 42.7 Å². The first-order valence-corrected chi connectivity index (χ1v) is 7.41. The molecule has 0 unspecified atom stereocenters. The number of nitrogens with zero attached hydrogens (tertiary/aromatic N) is 2. The molecule has 0 aromatic carbocycles. The zero-order valence-electron chi connectivity index (χ0n) is 11.5. The van der Waals surface area contributed by atoms with Gasteiger partial charge in [0.1, 0.15) is 5.54 Å². The van der Waals surface area contributed by atoms with E-state index in [0.29, 0.717) is 5.92 Å². The molecule has 2 amide bonds. The van der Waals surface area contributed by atoms with E-state index >= 15 is 0 Å². The Bertz CT molecular complexity index is 543. The molecule has 0 N–H and O–H groups in total. The van der Waals surface area contributed by atoms with E-state index in [1.807, 2.05) is 23.3 Å². The van der Waals surface area contributed by atoms with Gasteiger partial charge in [-0.3, -0.25) is 9.59 Å². The van der Waals surface area contributed by atoms with Crippen LogP contribution in [-0.4, -0.2) is 47.8 Å². The van der Waals surface area contributed by atoms with Gasteiger partial charge < -0.3 is 9.80 Å². The van der Waals surface area contributed by atoms with Crippen LogP contribution in [0, 0.1) is 12.8 Å². The summed E-state index contributed by atoms with van der Waals surface area (Å²) >= 11 is 1.47. The van der Waals surface area contributed by atoms with Crippen LogP contribution in [-0.2, 0) is 4.79 Å². The molecular weight excluding hydrogens is 260 g/mol. The van der Waals surface area contributed by atoms with Crippen LogP contribution in [0.4, 0.5) is 0 Å². The molecule has 3 heterocycles. The SMILES string of the molecule is Cc1ccsc1C(=O)N1CC2CC1(C(=O)N(C)C)C2. The number of carbonyl (C=O) groups is 2. The highest BCUT2D eigenvalue weighted by molar-refractivity contribution is 7.12. The Morgan fingerprint density at radius 1 is 1.42 bits per heavy atom. The molecule has 3 aliphatic rings. The highest BCUT2D eigenvalue weighted by Gasteiger charge is 2.62. The third-order valence-electron chi connectivity index (χ3n) is 4.32. The average Bonchev–Trinajstić information content (AvgIpc) is 2.97. The lowest BCUT2D eigenvalue weighted by Gasteiger charge is -2.41. The van der Waals surface area contributed by atoms with Gasteiger partial charge in [0.2, 0.25) is 5.91 Å². The van der Waals surface area contributed by atoms with E-state index < -0.39 is 5.54 Å². The van der Waals surface area contributed by atoms with Gasteiger partial charge in [0.05, 0.1) is 4.88 Å². The second kappa shape index (κ2) is 4.07. The zero-order valence-corrected chi connectivity index (χ0v) is 12.3. The van der Waals surface area contributed by atoms with E-state index in [4.69, 9.17) is 0 Å². The predicted octanol–water partition coefficient (Wildman–Crippen LogP) is 1.75. The topological polar surface area (TPSA) is 40.6 Å². The smallest absolute Gasteiger partial charge is 0.265 e. The molecule has 3 fully saturated rings. The number of aryl methyl sites for hydroxylation is 1. The number of fused-ring (bicyclic) bond motifs is 1. The van der Waals surface area contributed by atoms with Crippen molar-refractivity contribution >= 4 is 23.2 Å². The van der Waals surface area contributed by atoms with Crippen LogP contribution in [0.15, 0.2) is 11.4 Å². The molecule has 5 heteroatoms. The van der Waals surface area contributed by atoms with Crippen LogP contribution < -0.4 is 0 Å². The van der Waals surface area contributed by atoms with Crippen LogP contribution in [0.25, 0.3) is 0 Å². The fraction of sp³-hybridized carbons (Fsp3) is 0.571. The molecule has 2 aliphatic heterocycles. The number of rotatable bonds is 2. The lowest BCUT2D eigenvalue weighted by Crippen LogP contribution is -2.58. The molecule has 0 spiro atoms. The first-order chi connectivity index (χ1) is 8.95. The largest absolute Gasteiger partial charge is 0.347 e. The van der Waals surface area contributed by atoms with Crippen molar-refractivity contribution < 1.29 is 9.59 Å². The van der Waals surface area contributed by atoms with Gasteiger partial charge in [0, 0.05) is 20.6 Å². The normalized spacial score (nSPS) is 28.2. The first kappa shape index (κ1) is 12.7. The van der Waals surface area contributed by atoms with Crippen LogP contribution in [0.5, 0.6) is 0 Å². The van der Waals surface area contributed by atoms with Crippen molar-refractivity contribution in [2.24, 2.45) is 5.92 Å². The van der Waals surface area contributed by atoms with Crippen LogP contribution in [0.2, 0.25) is 0 Å². The lowest BCUT2D eigenvalue weighted by molar-refractivity contribution is -0.141. The second-order valence-electron chi connectivity index (χ2n) is 5.85. The summed E-state index contributed by atoms with van der Waals surface area (Å²) in [7, 11) is 3.53. The fourth-order valence-corrected chi connectivity index (χ4v) is 4.25. The maximum atomic E-state index is 12.7. The van der Waals surface area contributed by atoms with Crippen LogP contribution in [0.1, 0.15) is 28.1 Å². The number of likely N-dealkylation sites (N-methyl/N-ethyl adjacent to an activating group) is 1. The van der Waals surface area contributed by atoms with Crippen LogP contribution in [0.3, 0.4) is 0 Å². The summed E-state index contributed by atoms with van der Waals surface area (Å²) in [6.45, 7) is 2.68. The van der Waals surface area contributed by atoms with E-state index in [2.05, 4.69) is 0 Å². The lowest BCUT2D eigenvalue weighted by atomic mass is 9.72. The molecule has 102 valence electrons. The van der Waals surface area contributed by atoms with Gasteiger partial charge in [-0.15, -0.1) is 11.3 Å². The molecular formula is C14H18N2O2S. The molecule has 0 atom stereocenters. The molecule has 1 aromatic heterocycles. The Kier molecular flexibility index (Phi) is 2.71. The number of thiophene rings is 1. The van der Waals surface area contributed by atoms with Gasteiger partial charge in [-0.2, -0.15) is 0 Å². The Morgan fingerprint density at radius 3 is 2.63 bits per heavy atom. The maximum Gasteiger partial charge on any atom is 0.265 e. The Balaban J connectivity index is 1.91. The van der Waals surface area contributed by atoms with Crippen molar-refractivity contribution in [3.8, 4) is 0 Å². The maximum absolute atomic E-state index is 12.7. The molecule has 4 rings (SSSR count). The van der Waals surface area contributed by atoms with Gasteiger partial charge >= 0.3 is 0 Å². The van der Waals surface area contributed by atoms with Gasteiger partial charge in [-0.25, -0.2) is 0 Å². The summed E-state index contributed by atoms with van der Waals surface area (Å²) in [6.07, 6.45) is 1.67. The van der Waals surface area contributed by atoms with Crippen molar-refractivity contribution in [3.05, 3.63) is 21.9 Å². The Morgan fingerprint density at radius 2 is 2.11 bits per heavy atom. The molecule has 2 bridgehead atoms. The standard InChI is InChI=1S/C14H18N2O2S/c1-9-4-5-19-11(9)12(17)16-8-10-6-14(16,7-10)13(18)15(2)3/h4-5,10H,6-8H2,1-3H3. The van der Waals surface area contributed by atoms with Crippen molar-refractivity contribution in [2.45, 2.75) is 25.3 Å². The summed E-state index contributed by atoms with van der Waals surface area (Å²) in [6, 6.07) is 1.96. The molecule has 4 nitrogen and oxygen atoms in total. The summed E-state index contributed by atoms with van der Waals surface area (Å²) in [5, 5.41) is 1.93. The van der Waals surface area contributed by atoms with Gasteiger partial charge in [0.25, 0.3) is 5.91 Å². The Hall–Kier alpha value is -1.36. The minimum atomic E-state index is -0.554. The zero-order chi connectivity index (χ0) is 13.8. The molecule has 2 saturated heterocycles. The molecule has 0 radical (unpaired) electrons. The van der Waals surface area contributed by atoms with Crippen molar-refractivity contribution in [3.63, 3.8) is 0 Å². The minimum absolute atomic E-state index is 0.0303. The van der Waals surface area contributed by atoms with E-state index in [-0.39, 0.29) is 11.8 Å². The van der Waals surface area contributed by atoms with Gasteiger partial charge in [-0.1, -0.05) is 0 Å². The minimum Gasteiger partial charge on any atom is -0.347 e. The molecule has 1 aromatic rings. The second-order valence-corrected chi connectivity index (χ2v) is 6.77. The van der Waals surface area contributed by atoms with Crippen molar-refractivity contribution in [1.82, 2.24) is 9.80 Å². The van der Waals surface area contributed by atoms with Crippen LogP contribution >= 0.6 is 11.3 Å². The number of hydrogen-bond acceptors (Lipinski definition) is 3. The van der Waals surface area contributed by atoms with E-state index in [1.165, 1.54) is 11.3 Å². The quantitative estimate of drug-likeness (QED) is 0.827. The number of carbonyl (C=O) groups excluding carboxylic acids is 2. The summed E-state index contributed by atoms with van der Waals surface area (Å²) in [5.74, 6) is 0.611. The number of hydrogen-bond donors (Lipinski definition) is 0. The Labute approximate surface area is 117 Å². The van der Waals surface area contributed by atoms with E-state index in [0.717, 1.165) is 29.8 Å². The summed E-state index contributed by atoms with van der Waals surface area (Å²) in [4.78, 5) is 29.3. The molecule has 1 aliphatic carbocycles. The van der Waals surface area contributed by atoms with Crippen molar-refractivity contribution in [2.75, 3.05) is 20.6 Å². The summed E-state index contributed by atoms with van der Waals surface area (Å²) in [5.41, 5.74) is 0.452. The molecule has 1 saturated carbocycles. The monoisotopic (exact) mass is 278 g/mol. The summed E-state index contributed by atoms with van der Waals surface area (Å²) < 4.78 is 0. The predicted molar refractivity (Wildman–Crippen MR) is 74.2 cm³/mol. The third kappa shape index (κ3) is 1.64. The fourth-order valence-electron chi connectivity index (χ4n) is 3.38. The highest BCUT2D eigenvalue weighted by atomic mass is 32.1. The molecule has 19 heavy (non-hydrogen) atoms. The van der Waals surface area contributed by atoms with Gasteiger partial charge in [0.15, 0.2) is 0 Å². The van der Waals surface area contributed by atoms with E-state index in [1.54, 1.807) is 19.0 Å². The first-order valence-electron chi connectivity index (χ1n) is 6.53. The van der Waals surface area contributed by atoms with Crippen molar-refractivity contribution in [1.29, 1.82) is 0 Å². The number of amides is 2. The third-order valence-corrected chi connectivity index (χ3v) is 5.32. The highest BCUT2D eigenvalue weighted by Crippen LogP contribution is 2.52. The average molecular weight is 278 g/mol. The van der Waals surface area contributed by atoms with E-state index in [9.17, 15) is 9.59 Å².